The number of benzene rings is 1. The Morgan fingerprint density at radius 1 is 1.60 bits per heavy atom. The molecular formula is C6H4ClNO2. The normalized spacial score (nSPS) is 12.1. The molecule has 52 valence electrons. The molecule has 1 rings (SSSR count). The van der Waals surface area contributed by atoms with Crippen molar-refractivity contribution in [1.29, 1.82) is 0 Å². The Hall–Kier alpha value is -1.09. The monoisotopic (exact) mass is 159 g/mol. The Bertz CT molecular complexity index is 319. The number of rotatable bonds is 1. The summed E-state index contributed by atoms with van der Waals surface area (Å²) in [5.41, 5.74) is -0.514. The van der Waals surface area contributed by atoms with E-state index in [0.29, 0.717) is 0 Å². The molecule has 4 heteroatoms. The first-order valence-electron chi connectivity index (χ1n) is 3.43. The lowest BCUT2D eigenvalue weighted by Gasteiger charge is -1.88. The lowest BCUT2D eigenvalue weighted by atomic mass is 10.3. The van der Waals surface area contributed by atoms with Gasteiger partial charge in [-0.15, -0.1) is 0 Å². The number of hydrogen-bond donors (Lipinski definition) is 0. The SMILES string of the molecule is [2H]c1cc(Cl)cc([2H])c1[N+](=O)[O-]. The van der Waals surface area contributed by atoms with E-state index in [1.54, 1.807) is 0 Å². The van der Waals surface area contributed by atoms with Gasteiger partial charge in [-0.3, -0.25) is 10.1 Å². The van der Waals surface area contributed by atoms with Gasteiger partial charge in [0.15, 0.2) is 0 Å². The summed E-state index contributed by atoms with van der Waals surface area (Å²) < 4.78 is 14.3. The number of nitro groups is 1. The summed E-state index contributed by atoms with van der Waals surface area (Å²) in [5, 5.41) is 10.4. The Morgan fingerprint density at radius 3 is 2.50 bits per heavy atom. The molecule has 0 aliphatic rings. The third-order valence-electron chi connectivity index (χ3n) is 0.876. The average molecular weight is 160 g/mol. The molecule has 0 spiro atoms. The molecule has 0 saturated heterocycles. The van der Waals surface area contributed by atoms with Gasteiger partial charge in [0.05, 0.1) is 7.66 Å². The molecule has 0 radical (unpaired) electrons. The van der Waals surface area contributed by atoms with Gasteiger partial charge in [-0.2, -0.15) is 0 Å². The molecule has 3 nitrogen and oxygen atoms in total. The van der Waals surface area contributed by atoms with Crippen molar-refractivity contribution in [1.82, 2.24) is 0 Å². The fraction of sp³-hybridized carbons (Fsp3) is 0. The molecule has 0 aliphatic carbocycles. The maximum absolute atomic E-state index is 10.3. The van der Waals surface area contributed by atoms with Crippen LogP contribution in [-0.2, 0) is 0 Å². The van der Waals surface area contributed by atoms with E-state index >= 15 is 0 Å². The van der Waals surface area contributed by atoms with E-state index in [0.717, 1.165) is 12.1 Å². The van der Waals surface area contributed by atoms with Gasteiger partial charge >= 0.3 is 0 Å². The van der Waals surface area contributed by atoms with Crippen molar-refractivity contribution in [3.05, 3.63) is 39.4 Å². The topological polar surface area (TPSA) is 43.1 Å². The van der Waals surface area contributed by atoms with Gasteiger partial charge in [-0.25, -0.2) is 0 Å². The Kier molecular flexibility index (Phi) is 1.25. The Morgan fingerprint density at radius 2 is 2.10 bits per heavy atom. The average Bonchev–Trinajstić information content (AvgIpc) is 1.82. The highest BCUT2D eigenvalue weighted by molar-refractivity contribution is 6.30. The Balaban J connectivity index is 3.38. The van der Waals surface area contributed by atoms with Crippen LogP contribution in [0.3, 0.4) is 0 Å². The van der Waals surface area contributed by atoms with Gasteiger partial charge < -0.3 is 0 Å². The predicted molar refractivity (Wildman–Crippen MR) is 38.1 cm³/mol. The highest BCUT2D eigenvalue weighted by atomic mass is 35.5. The molecule has 1 aromatic carbocycles. The fourth-order valence-electron chi connectivity index (χ4n) is 0.463. The van der Waals surface area contributed by atoms with Gasteiger partial charge in [-0.1, -0.05) is 11.6 Å². The third-order valence-corrected chi connectivity index (χ3v) is 1.09. The summed E-state index contributed by atoms with van der Waals surface area (Å²) in [6.45, 7) is 0. The van der Waals surface area contributed by atoms with Gasteiger partial charge in [0.2, 0.25) is 0 Å². The molecule has 0 heterocycles. The number of halogens is 1. The Labute approximate surface area is 65.2 Å². The molecule has 0 amide bonds. The van der Waals surface area contributed by atoms with Gasteiger partial charge in [-0.05, 0) is 12.1 Å². The van der Waals surface area contributed by atoms with Crippen LogP contribution in [0.5, 0.6) is 0 Å². The van der Waals surface area contributed by atoms with Crippen molar-refractivity contribution in [2.75, 3.05) is 0 Å². The minimum absolute atomic E-state index is 0.163. The van der Waals surface area contributed by atoms with E-state index in [4.69, 9.17) is 14.3 Å². The third kappa shape index (κ3) is 1.45. The van der Waals surface area contributed by atoms with Crippen LogP contribution in [0.15, 0.2) is 24.2 Å². The zero-order valence-electron chi connectivity index (χ0n) is 6.80. The zero-order valence-corrected chi connectivity index (χ0v) is 5.55. The zero-order chi connectivity index (χ0) is 9.30. The molecule has 0 fully saturated rings. The van der Waals surface area contributed by atoms with Gasteiger partial charge in [0, 0.05) is 17.1 Å². The molecule has 0 atom stereocenters. The van der Waals surface area contributed by atoms with Crippen molar-refractivity contribution >= 4 is 17.3 Å². The maximum Gasteiger partial charge on any atom is 0.269 e. The van der Waals surface area contributed by atoms with Crippen LogP contribution in [0.1, 0.15) is 2.74 Å². The number of hydrogen-bond acceptors (Lipinski definition) is 2. The summed E-state index contributed by atoms with van der Waals surface area (Å²) in [6, 6.07) is 1.60. The first-order chi connectivity index (χ1) is 5.52. The molecular weight excluding hydrogens is 154 g/mol. The maximum atomic E-state index is 10.3. The number of nitrogens with zero attached hydrogens (tertiary/aromatic N) is 1. The van der Waals surface area contributed by atoms with Crippen LogP contribution >= 0.6 is 11.6 Å². The highest BCUT2D eigenvalue weighted by Gasteiger charge is 2.01. The van der Waals surface area contributed by atoms with E-state index in [-0.39, 0.29) is 17.1 Å². The van der Waals surface area contributed by atoms with E-state index in [2.05, 4.69) is 0 Å². The van der Waals surface area contributed by atoms with Crippen LogP contribution in [0.25, 0.3) is 0 Å². The molecule has 0 N–H and O–H groups in total. The van der Waals surface area contributed by atoms with Crippen LogP contribution in [-0.4, -0.2) is 4.92 Å². The summed E-state index contributed by atoms with van der Waals surface area (Å²) in [4.78, 5) is 9.51. The van der Waals surface area contributed by atoms with Crippen molar-refractivity contribution in [3.8, 4) is 0 Å². The summed E-state index contributed by atoms with van der Waals surface area (Å²) in [5.74, 6) is 0. The minimum atomic E-state index is -0.763. The molecule has 10 heavy (non-hydrogen) atoms. The van der Waals surface area contributed by atoms with Crippen molar-refractivity contribution in [2.24, 2.45) is 0 Å². The highest BCUT2D eigenvalue weighted by Crippen LogP contribution is 2.14. The van der Waals surface area contributed by atoms with Crippen LogP contribution in [0.2, 0.25) is 5.02 Å². The lowest BCUT2D eigenvalue weighted by Crippen LogP contribution is -1.85. The second-order valence-electron chi connectivity index (χ2n) is 1.57. The van der Waals surface area contributed by atoms with E-state index < -0.39 is 10.6 Å². The minimum Gasteiger partial charge on any atom is -0.258 e. The molecule has 0 aliphatic heterocycles. The van der Waals surface area contributed by atoms with Crippen molar-refractivity contribution in [2.45, 2.75) is 0 Å². The predicted octanol–water partition coefficient (Wildman–Crippen LogP) is 2.25. The first kappa shape index (κ1) is 4.68. The molecule has 0 unspecified atom stereocenters. The fourth-order valence-corrected chi connectivity index (χ4v) is 0.572. The van der Waals surface area contributed by atoms with Gasteiger partial charge in [0.25, 0.3) is 5.69 Å². The van der Waals surface area contributed by atoms with Crippen LogP contribution in [0, 0.1) is 10.1 Å². The summed E-state index contributed by atoms with van der Waals surface area (Å²) in [7, 11) is 0. The van der Waals surface area contributed by atoms with E-state index in [9.17, 15) is 10.1 Å². The molecule has 0 saturated carbocycles. The molecule has 1 aromatic rings. The second-order valence-corrected chi connectivity index (χ2v) is 2.00. The largest absolute Gasteiger partial charge is 0.269 e. The number of nitro benzene ring substituents is 1. The molecule has 0 bridgehead atoms. The lowest BCUT2D eigenvalue weighted by molar-refractivity contribution is -0.384. The van der Waals surface area contributed by atoms with E-state index in [1.807, 2.05) is 0 Å². The quantitative estimate of drug-likeness (QED) is 0.466. The summed E-state index contributed by atoms with van der Waals surface area (Å²) >= 11 is 5.46. The smallest absolute Gasteiger partial charge is 0.258 e. The summed E-state index contributed by atoms with van der Waals surface area (Å²) in [6.07, 6.45) is 0. The van der Waals surface area contributed by atoms with Gasteiger partial charge in [0.1, 0.15) is 0 Å². The van der Waals surface area contributed by atoms with Crippen LogP contribution in [0.4, 0.5) is 5.69 Å². The standard InChI is InChI=1S/C6H4ClNO2/c7-5-1-3-6(4-2-5)8(9)10/h1-4H/i3D,4D. The van der Waals surface area contributed by atoms with Crippen molar-refractivity contribution in [3.63, 3.8) is 0 Å². The molecule has 0 aromatic heterocycles. The second kappa shape index (κ2) is 2.66. The van der Waals surface area contributed by atoms with Crippen LogP contribution < -0.4 is 0 Å². The van der Waals surface area contributed by atoms with E-state index in [1.165, 1.54) is 0 Å². The first-order valence-corrected chi connectivity index (χ1v) is 2.81. The van der Waals surface area contributed by atoms with Crippen molar-refractivity contribution < 1.29 is 7.66 Å².